The average molecular weight is 347 g/mol. The van der Waals surface area contributed by atoms with Crippen molar-refractivity contribution in [2.45, 2.75) is 51.5 Å². The van der Waals surface area contributed by atoms with Gasteiger partial charge in [-0.2, -0.15) is 0 Å². The molecule has 2 atom stereocenters. The van der Waals surface area contributed by atoms with Gasteiger partial charge in [-0.25, -0.2) is 0 Å². The zero-order chi connectivity index (χ0) is 17.8. The van der Waals surface area contributed by atoms with Crippen molar-refractivity contribution in [2.75, 3.05) is 26.2 Å². The molecule has 0 bridgehead atoms. The summed E-state index contributed by atoms with van der Waals surface area (Å²) in [5.41, 5.74) is 5.44. The lowest BCUT2D eigenvalue weighted by Crippen LogP contribution is -2.48. The second kappa shape index (κ2) is 8.04. The van der Waals surface area contributed by atoms with Gasteiger partial charge < -0.3 is 15.1 Å². The third-order valence-electron chi connectivity index (χ3n) is 5.47. The Balaban J connectivity index is 1.67. The Morgan fingerprint density at radius 3 is 2.72 bits per heavy atom. The minimum atomic E-state index is -0.295. The molecule has 2 N–H and O–H groups in total. The molecule has 2 amide bonds. The number of carbonyl (C=O) groups excluding carboxylic acids is 2. The van der Waals surface area contributed by atoms with E-state index in [4.69, 9.17) is 10.2 Å². The summed E-state index contributed by atoms with van der Waals surface area (Å²) in [5, 5.41) is 0. The number of likely N-dealkylation sites (tertiary alicyclic amines) is 2. The SMILES string of the molecule is Cc1ccc([C@H]2CCCCCN2CC(=O)N2CCC[C@H](C(N)=O)C2)o1. The maximum Gasteiger partial charge on any atom is 0.236 e. The molecular formula is C19H29N3O3. The molecule has 1 aromatic heterocycles. The summed E-state index contributed by atoms with van der Waals surface area (Å²) in [6.07, 6.45) is 6.10. The highest BCUT2D eigenvalue weighted by atomic mass is 16.3. The number of primary amides is 1. The minimum absolute atomic E-state index is 0.0983. The Kier molecular flexibility index (Phi) is 5.78. The van der Waals surface area contributed by atoms with Gasteiger partial charge in [-0.05, 0) is 51.3 Å². The number of hydrogen-bond donors (Lipinski definition) is 1. The first kappa shape index (κ1) is 18.0. The summed E-state index contributed by atoms with van der Waals surface area (Å²) >= 11 is 0. The van der Waals surface area contributed by atoms with Crippen molar-refractivity contribution in [1.82, 2.24) is 9.80 Å². The summed E-state index contributed by atoms with van der Waals surface area (Å²) in [4.78, 5) is 28.4. The van der Waals surface area contributed by atoms with Crippen LogP contribution in [0.25, 0.3) is 0 Å². The minimum Gasteiger partial charge on any atom is -0.465 e. The zero-order valence-electron chi connectivity index (χ0n) is 15.1. The summed E-state index contributed by atoms with van der Waals surface area (Å²) < 4.78 is 5.86. The number of aryl methyl sites for hydroxylation is 1. The van der Waals surface area contributed by atoms with E-state index in [-0.39, 0.29) is 23.8 Å². The molecule has 0 saturated carbocycles. The van der Waals surface area contributed by atoms with Crippen LogP contribution in [0.1, 0.15) is 56.1 Å². The molecule has 138 valence electrons. The van der Waals surface area contributed by atoms with Crippen LogP contribution in [0.4, 0.5) is 0 Å². The molecule has 2 saturated heterocycles. The van der Waals surface area contributed by atoms with Gasteiger partial charge in [-0.1, -0.05) is 12.8 Å². The standard InChI is InChI=1S/C19H29N3O3/c1-14-8-9-17(25-14)16-7-3-2-4-10-21(16)13-18(23)22-11-5-6-15(12-22)19(20)24/h8-9,15-16H,2-7,10-13H2,1H3,(H2,20,24)/t15-,16+/m0/s1. The topological polar surface area (TPSA) is 79.8 Å². The van der Waals surface area contributed by atoms with E-state index in [1.54, 1.807) is 0 Å². The summed E-state index contributed by atoms with van der Waals surface area (Å²) in [7, 11) is 0. The van der Waals surface area contributed by atoms with Crippen molar-refractivity contribution >= 4 is 11.8 Å². The molecule has 3 rings (SSSR count). The maximum absolute atomic E-state index is 12.8. The Morgan fingerprint density at radius 2 is 2.00 bits per heavy atom. The average Bonchev–Trinajstić information content (AvgIpc) is 2.90. The number of hydrogen-bond acceptors (Lipinski definition) is 4. The fraction of sp³-hybridized carbons (Fsp3) is 0.684. The second-order valence-corrected chi connectivity index (χ2v) is 7.37. The monoisotopic (exact) mass is 347 g/mol. The van der Waals surface area contributed by atoms with Gasteiger partial charge in [0.15, 0.2) is 0 Å². The van der Waals surface area contributed by atoms with Crippen molar-refractivity contribution in [3.05, 3.63) is 23.7 Å². The highest BCUT2D eigenvalue weighted by Crippen LogP contribution is 2.31. The van der Waals surface area contributed by atoms with Crippen LogP contribution in [0.15, 0.2) is 16.5 Å². The van der Waals surface area contributed by atoms with E-state index in [2.05, 4.69) is 4.90 Å². The van der Waals surface area contributed by atoms with Crippen molar-refractivity contribution in [3.8, 4) is 0 Å². The number of piperidine rings is 1. The van der Waals surface area contributed by atoms with E-state index in [9.17, 15) is 9.59 Å². The Morgan fingerprint density at radius 1 is 1.16 bits per heavy atom. The van der Waals surface area contributed by atoms with E-state index in [0.717, 1.165) is 56.7 Å². The van der Waals surface area contributed by atoms with Gasteiger partial charge in [-0.3, -0.25) is 14.5 Å². The number of rotatable bonds is 4. The van der Waals surface area contributed by atoms with Crippen LogP contribution >= 0.6 is 0 Å². The number of nitrogens with two attached hydrogens (primary N) is 1. The zero-order valence-corrected chi connectivity index (χ0v) is 15.1. The molecule has 2 aliphatic rings. The molecule has 3 heterocycles. The molecule has 2 fully saturated rings. The van der Waals surface area contributed by atoms with Crippen LogP contribution in [0.5, 0.6) is 0 Å². The molecular weight excluding hydrogens is 318 g/mol. The van der Waals surface area contributed by atoms with Gasteiger partial charge in [0.2, 0.25) is 11.8 Å². The number of nitrogens with zero attached hydrogens (tertiary/aromatic N) is 2. The summed E-state index contributed by atoms with van der Waals surface area (Å²) in [5.74, 6) is 1.47. The van der Waals surface area contributed by atoms with Crippen molar-refractivity contribution in [3.63, 3.8) is 0 Å². The van der Waals surface area contributed by atoms with Crippen molar-refractivity contribution < 1.29 is 14.0 Å². The number of furan rings is 1. The van der Waals surface area contributed by atoms with Gasteiger partial charge in [0.05, 0.1) is 18.5 Å². The molecule has 2 aliphatic heterocycles. The Bertz CT molecular complexity index is 613. The van der Waals surface area contributed by atoms with Gasteiger partial charge >= 0.3 is 0 Å². The van der Waals surface area contributed by atoms with Crippen molar-refractivity contribution in [1.29, 1.82) is 0 Å². The van der Waals surface area contributed by atoms with E-state index < -0.39 is 0 Å². The van der Waals surface area contributed by atoms with Crippen LogP contribution in [0.3, 0.4) is 0 Å². The lowest BCUT2D eigenvalue weighted by atomic mass is 9.97. The summed E-state index contributed by atoms with van der Waals surface area (Å²) in [6, 6.07) is 4.19. The van der Waals surface area contributed by atoms with Crippen LogP contribution in [0.2, 0.25) is 0 Å². The van der Waals surface area contributed by atoms with E-state index >= 15 is 0 Å². The van der Waals surface area contributed by atoms with Crippen LogP contribution in [0, 0.1) is 12.8 Å². The third kappa shape index (κ3) is 4.42. The highest BCUT2D eigenvalue weighted by molar-refractivity contribution is 5.81. The molecule has 25 heavy (non-hydrogen) atoms. The smallest absolute Gasteiger partial charge is 0.236 e. The van der Waals surface area contributed by atoms with Gasteiger partial charge in [-0.15, -0.1) is 0 Å². The lowest BCUT2D eigenvalue weighted by Gasteiger charge is -2.34. The molecule has 6 heteroatoms. The Hall–Kier alpha value is -1.82. The first-order chi connectivity index (χ1) is 12.0. The lowest BCUT2D eigenvalue weighted by molar-refractivity contribution is -0.136. The van der Waals surface area contributed by atoms with E-state index in [1.165, 1.54) is 6.42 Å². The third-order valence-corrected chi connectivity index (χ3v) is 5.47. The van der Waals surface area contributed by atoms with Gasteiger partial charge in [0, 0.05) is 13.1 Å². The molecule has 1 aromatic rings. The van der Waals surface area contributed by atoms with E-state index in [0.29, 0.717) is 13.1 Å². The predicted octanol–water partition coefficient (Wildman–Crippen LogP) is 2.23. The Labute approximate surface area is 149 Å². The molecule has 0 unspecified atom stereocenters. The molecule has 6 nitrogen and oxygen atoms in total. The van der Waals surface area contributed by atoms with Gasteiger partial charge in [0.25, 0.3) is 0 Å². The fourth-order valence-electron chi connectivity index (χ4n) is 4.02. The van der Waals surface area contributed by atoms with Crippen LogP contribution < -0.4 is 5.73 Å². The number of amides is 2. The van der Waals surface area contributed by atoms with Crippen LogP contribution in [-0.2, 0) is 9.59 Å². The normalized spacial score (nSPS) is 25.6. The first-order valence-corrected chi connectivity index (χ1v) is 9.42. The molecule has 0 aromatic carbocycles. The fourth-order valence-corrected chi connectivity index (χ4v) is 4.02. The second-order valence-electron chi connectivity index (χ2n) is 7.37. The van der Waals surface area contributed by atoms with Gasteiger partial charge in [0.1, 0.15) is 11.5 Å². The van der Waals surface area contributed by atoms with Crippen LogP contribution in [-0.4, -0.2) is 47.8 Å². The van der Waals surface area contributed by atoms with E-state index in [1.807, 2.05) is 24.0 Å². The first-order valence-electron chi connectivity index (χ1n) is 9.42. The largest absolute Gasteiger partial charge is 0.465 e. The quantitative estimate of drug-likeness (QED) is 0.906. The predicted molar refractivity (Wildman–Crippen MR) is 94.7 cm³/mol. The molecule has 0 radical (unpaired) electrons. The highest BCUT2D eigenvalue weighted by Gasteiger charge is 2.31. The number of carbonyl (C=O) groups is 2. The molecule has 0 spiro atoms. The summed E-state index contributed by atoms with van der Waals surface area (Å²) in [6.45, 7) is 4.43. The van der Waals surface area contributed by atoms with Crippen molar-refractivity contribution in [2.24, 2.45) is 11.7 Å². The molecule has 0 aliphatic carbocycles. The maximum atomic E-state index is 12.8.